The van der Waals surface area contributed by atoms with Gasteiger partial charge in [-0.15, -0.1) is 0 Å². The van der Waals surface area contributed by atoms with E-state index in [1.165, 1.54) is 0 Å². The smallest absolute Gasteiger partial charge is 0.417 e. The van der Waals surface area contributed by atoms with Crippen LogP contribution in [-0.4, -0.2) is 25.8 Å². The van der Waals surface area contributed by atoms with Gasteiger partial charge in [0.2, 0.25) is 0 Å². The fourth-order valence-electron chi connectivity index (χ4n) is 1.32. The number of rotatable bonds is 2. The van der Waals surface area contributed by atoms with Crippen LogP contribution in [0.5, 0.6) is 0 Å². The van der Waals surface area contributed by atoms with Gasteiger partial charge in [0.25, 0.3) is 0 Å². The number of nitrogens with zero attached hydrogens (tertiary/aromatic N) is 3. The number of hydrogen-bond acceptors (Lipinski definition) is 3. The molecule has 0 fully saturated rings. The number of carboxylic acids is 1. The van der Waals surface area contributed by atoms with Gasteiger partial charge in [-0.2, -0.15) is 18.3 Å². The number of aromatic nitrogens is 3. The van der Waals surface area contributed by atoms with Crippen LogP contribution >= 0.6 is 22.6 Å². The zero-order valence-electron chi connectivity index (χ0n) is 9.02. The number of pyridine rings is 1. The summed E-state index contributed by atoms with van der Waals surface area (Å²) in [6, 6.07) is 1.99. The number of carboxylic acid groups (broad SMARTS) is 1. The molecule has 2 heterocycles. The van der Waals surface area contributed by atoms with Crippen LogP contribution in [0.4, 0.5) is 13.2 Å². The van der Waals surface area contributed by atoms with Crippen LogP contribution in [0.3, 0.4) is 0 Å². The summed E-state index contributed by atoms with van der Waals surface area (Å²) < 4.78 is 38.5. The van der Waals surface area contributed by atoms with Gasteiger partial charge in [-0.25, -0.2) is 14.5 Å². The van der Waals surface area contributed by atoms with E-state index in [1.54, 1.807) is 22.6 Å². The molecule has 0 unspecified atom stereocenters. The van der Waals surface area contributed by atoms with Crippen molar-refractivity contribution in [2.75, 3.05) is 0 Å². The summed E-state index contributed by atoms with van der Waals surface area (Å²) in [5.74, 6) is -1.05. The highest BCUT2D eigenvalue weighted by atomic mass is 127. The summed E-state index contributed by atoms with van der Waals surface area (Å²) in [5, 5.41) is 12.6. The Morgan fingerprint density at radius 2 is 2.00 bits per heavy atom. The van der Waals surface area contributed by atoms with Crippen molar-refractivity contribution in [3.05, 3.63) is 39.4 Å². The van der Waals surface area contributed by atoms with Gasteiger partial charge in [-0.05, 0) is 34.7 Å². The van der Waals surface area contributed by atoms with Crippen LogP contribution in [0.15, 0.2) is 24.5 Å². The first kappa shape index (κ1) is 13.8. The highest BCUT2D eigenvalue weighted by Crippen LogP contribution is 2.28. The Morgan fingerprint density at radius 3 is 2.42 bits per heavy atom. The molecule has 0 aromatic carbocycles. The lowest BCUT2D eigenvalue weighted by molar-refractivity contribution is -0.137. The maximum absolute atomic E-state index is 12.4. The third-order valence-electron chi connectivity index (χ3n) is 2.23. The molecule has 0 radical (unpaired) electrons. The Bertz CT molecular complexity index is 622. The third kappa shape index (κ3) is 2.69. The van der Waals surface area contributed by atoms with Gasteiger partial charge in [0.1, 0.15) is 9.26 Å². The van der Waals surface area contributed by atoms with Crippen molar-refractivity contribution in [3.63, 3.8) is 0 Å². The molecule has 2 aromatic heterocycles. The average Bonchev–Trinajstić information content (AvgIpc) is 2.70. The molecule has 9 heteroatoms. The molecule has 2 aromatic rings. The Morgan fingerprint density at radius 1 is 1.32 bits per heavy atom. The first-order valence-corrected chi connectivity index (χ1v) is 5.89. The number of alkyl halides is 3. The van der Waals surface area contributed by atoms with Crippen molar-refractivity contribution in [2.45, 2.75) is 6.18 Å². The molecular weight excluding hydrogens is 378 g/mol. The molecule has 0 saturated carbocycles. The van der Waals surface area contributed by atoms with Gasteiger partial charge in [0.15, 0.2) is 5.82 Å². The molecule has 0 aliphatic heterocycles. The number of carbonyl (C=O) groups is 1. The van der Waals surface area contributed by atoms with Crippen molar-refractivity contribution in [3.8, 4) is 5.82 Å². The van der Waals surface area contributed by atoms with Gasteiger partial charge >= 0.3 is 12.1 Å². The van der Waals surface area contributed by atoms with E-state index in [-0.39, 0.29) is 15.1 Å². The lowest BCUT2D eigenvalue weighted by Gasteiger charge is -2.07. The van der Waals surface area contributed by atoms with E-state index in [2.05, 4.69) is 10.1 Å². The predicted octanol–water partition coefficient (Wildman–Crippen LogP) is 2.59. The minimum absolute atomic E-state index is 0.0395. The fourth-order valence-corrected chi connectivity index (χ4v) is 2.06. The third-order valence-corrected chi connectivity index (χ3v) is 3.27. The summed E-state index contributed by atoms with van der Waals surface area (Å²) in [6.45, 7) is 0. The molecule has 0 spiro atoms. The number of hydrogen-bond donors (Lipinski definition) is 1. The van der Waals surface area contributed by atoms with Crippen LogP contribution in [0, 0.1) is 3.70 Å². The average molecular weight is 383 g/mol. The highest BCUT2D eigenvalue weighted by Gasteiger charge is 2.30. The lowest BCUT2D eigenvalue weighted by Crippen LogP contribution is -2.08. The van der Waals surface area contributed by atoms with Crippen LogP contribution in [-0.2, 0) is 6.18 Å². The molecule has 0 aliphatic rings. The summed E-state index contributed by atoms with van der Waals surface area (Å²) >= 11 is 1.74. The number of halogens is 4. The minimum atomic E-state index is -4.46. The fraction of sp³-hybridized carbons (Fsp3) is 0.100. The van der Waals surface area contributed by atoms with E-state index in [0.717, 1.165) is 23.0 Å². The van der Waals surface area contributed by atoms with E-state index >= 15 is 0 Å². The van der Waals surface area contributed by atoms with E-state index < -0.39 is 17.7 Å². The Labute approximate surface area is 118 Å². The SMILES string of the molecule is O=C(O)c1cnn(-c2ccc(C(F)(F)F)cn2)c1I. The lowest BCUT2D eigenvalue weighted by atomic mass is 10.3. The standard InChI is InChI=1S/C10H5F3IN3O2/c11-10(12,13)5-1-2-7(15-3-5)17-8(14)6(4-16-17)9(18)19/h1-4H,(H,18,19). The van der Waals surface area contributed by atoms with Crippen molar-refractivity contribution in [1.29, 1.82) is 0 Å². The van der Waals surface area contributed by atoms with Crippen LogP contribution in [0.25, 0.3) is 5.82 Å². The van der Waals surface area contributed by atoms with E-state index in [4.69, 9.17) is 5.11 Å². The van der Waals surface area contributed by atoms with Crippen molar-refractivity contribution in [1.82, 2.24) is 14.8 Å². The second-order valence-electron chi connectivity index (χ2n) is 3.47. The molecule has 2 rings (SSSR count). The molecule has 5 nitrogen and oxygen atoms in total. The summed E-state index contributed by atoms with van der Waals surface area (Å²) in [7, 11) is 0. The zero-order valence-corrected chi connectivity index (χ0v) is 11.2. The first-order valence-electron chi connectivity index (χ1n) is 4.81. The summed E-state index contributed by atoms with van der Waals surface area (Å²) in [4.78, 5) is 14.5. The molecule has 1 N–H and O–H groups in total. The molecule has 0 saturated heterocycles. The highest BCUT2D eigenvalue weighted by molar-refractivity contribution is 14.1. The van der Waals surface area contributed by atoms with Crippen molar-refractivity contribution < 1.29 is 23.1 Å². The van der Waals surface area contributed by atoms with Gasteiger partial charge in [0, 0.05) is 6.20 Å². The molecule has 0 bridgehead atoms. The Kier molecular flexibility index (Phi) is 3.47. The van der Waals surface area contributed by atoms with E-state index in [0.29, 0.717) is 6.20 Å². The second kappa shape index (κ2) is 4.79. The largest absolute Gasteiger partial charge is 0.478 e. The topological polar surface area (TPSA) is 68.0 Å². The second-order valence-corrected chi connectivity index (χ2v) is 4.49. The molecule has 0 aliphatic carbocycles. The maximum Gasteiger partial charge on any atom is 0.417 e. The van der Waals surface area contributed by atoms with Gasteiger partial charge < -0.3 is 5.11 Å². The quantitative estimate of drug-likeness (QED) is 0.810. The molecule has 0 amide bonds. The predicted molar refractivity (Wildman–Crippen MR) is 66.0 cm³/mol. The van der Waals surface area contributed by atoms with Crippen LogP contribution in [0.1, 0.15) is 15.9 Å². The monoisotopic (exact) mass is 383 g/mol. The minimum Gasteiger partial charge on any atom is -0.478 e. The Hall–Kier alpha value is -1.65. The van der Waals surface area contributed by atoms with E-state index in [9.17, 15) is 18.0 Å². The van der Waals surface area contributed by atoms with Crippen LogP contribution in [0.2, 0.25) is 0 Å². The summed E-state index contributed by atoms with van der Waals surface area (Å²) in [5.41, 5.74) is -0.917. The summed E-state index contributed by atoms with van der Waals surface area (Å²) in [6.07, 6.45) is -2.67. The van der Waals surface area contributed by atoms with Crippen molar-refractivity contribution >= 4 is 28.6 Å². The van der Waals surface area contributed by atoms with Crippen molar-refractivity contribution in [2.24, 2.45) is 0 Å². The normalized spacial score (nSPS) is 11.6. The van der Waals surface area contributed by atoms with E-state index in [1.807, 2.05) is 0 Å². The van der Waals surface area contributed by atoms with Gasteiger partial charge in [-0.1, -0.05) is 0 Å². The van der Waals surface area contributed by atoms with Crippen LogP contribution < -0.4 is 0 Å². The molecule has 0 atom stereocenters. The zero-order chi connectivity index (χ0) is 14.2. The first-order chi connectivity index (χ1) is 8.80. The molecular formula is C10H5F3IN3O2. The maximum atomic E-state index is 12.4. The van der Waals surface area contributed by atoms with Gasteiger partial charge in [0.05, 0.1) is 11.8 Å². The molecule has 19 heavy (non-hydrogen) atoms. The molecule has 100 valence electrons. The number of aromatic carboxylic acids is 1. The van der Waals surface area contributed by atoms with Gasteiger partial charge in [-0.3, -0.25) is 0 Å². The Balaban J connectivity index is 2.41.